The van der Waals surface area contributed by atoms with Crippen LogP contribution in [0.4, 0.5) is 0 Å². The molecule has 36 heavy (non-hydrogen) atoms. The Bertz CT molecular complexity index is 1210. The van der Waals surface area contributed by atoms with Gasteiger partial charge in [-0.15, -0.1) is 0 Å². The fourth-order valence-corrected chi connectivity index (χ4v) is 3.89. The van der Waals surface area contributed by atoms with E-state index < -0.39 is 53.5 Å². The molecule has 0 heterocycles. The molecule has 0 saturated carbocycles. The first kappa shape index (κ1) is 31.0. The highest BCUT2D eigenvalue weighted by molar-refractivity contribution is 7.86. The van der Waals surface area contributed by atoms with Crippen LogP contribution in [0, 0.1) is 11.8 Å². The van der Waals surface area contributed by atoms with Crippen molar-refractivity contribution in [2.24, 2.45) is 11.8 Å². The SMILES string of the molecule is C.CC(C)COC(=O)c1ccc(Oc2ccc(C(=O)OCC(C)C)cc2S(=O)(=O)O)c(S(=O)(=O)O)c1. The minimum absolute atomic E-state index is 0. The molecule has 2 rings (SSSR count). The fraction of sp³-hybridized carbons (Fsp3) is 0.391. The quantitative estimate of drug-likeness (QED) is 0.323. The molecule has 2 N–H and O–H groups in total. The number of ether oxygens (including phenoxy) is 3. The lowest BCUT2D eigenvalue weighted by atomic mass is 10.2. The minimum Gasteiger partial charge on any atom is -0.462 e. The van der Waals surface area contributed by atoms with Gasteiger partial charge in [-0.25, -0.2) is 9.59 Å². The maximum absolute atomic E-state index is 12.2. The van der Waals surface area contributed by atoms with Crippen molar-refractivity contribution in [2.75, 3.05) is 13.2 Å². The molecule has 13 heteroatoms. The van der Waals surface area contributed by atoms with Gasteiger partial charge < -0.3 is 14.2 Å². The third-order valence-electron chi connectivity index (χ3n) is 4.23. The van der Waals surface area contributed by atoms with Crippen LogP contribution in [-0.4, -0.2) is 51.1 Å². The van der Waals surface area contributed by atoms with Gasteiger partial charge in [-0.1, -0.05) is 35.1 Å². The van der Waals surface area contributed by atoms with Gasteiger partial charge >= 0.3 is 11.9 Å². The molecular weight excluding hydrogens is 516 g/mol. The molecule has 11 nitrogen and oxygen atoms in total. The third-order valence-corrected chi connectivity index (χ3v) is 5.98. The molecule has 0 aliphatic heterocycles. The van der Waals surface area contributed by atoms with Crippen LogP contribution in [-0.2, 0) is 29.7 Å². The lowest BCUT2D eigenvalue weighted by Gasteiger charge is -2.14. The summed E-state index contributed by atoms with van der Waals surface area (Å²) in [4.78, 5) is 22.7. The van der Waals surface area contributed by atoms with Crippen LogP contribution in [0.5, 0.6) is 11.5 Å². The molecule has 0 saturated heterocycles. The molecule has 0 amide bonds. The van der Waals surface area contributed by atoms with Gasteiger partial charge in [0.1, 0.15) is 21.3 Å². The Balaban J connectivity index is 0.00000648. The third kappa shape index (κ3) is 8.59. The van der Waals surface area contributed by atoms with Crippen molar-refractivity contribution in [3.63, 3.8) is 0 Å². The minimum atomic E-state index is -4.95. The van der Waals surface area contributed by atoms with Crippen LogP contribution in [0.1, 0.15) is 55.8 Å². The highest BCUT2D eigenvalue weighted by Gasteiger charge is 2.25. The molecule has 0 radical (unpaired) electrons. The van der Waals surface area contributed by atoms with Crippen molar-refractivity contribution >= 4 is 32.2 Å². The highest BCUT2D eigenvalue weighted by Crippen LogP contribution is 2.34. The van der Waals surface area contributed by atoms with Crippen molar-refractivity contribution in [2.45, 2.75) is 44.9 Å². The maximum Gasteiger partial charge on any atom is 0.338 e. The number of esters is 2. The van der Waals surface area contributed by atoms with Gasteiger partial charge in [0.15, 0.2) is 0 Å². The average Bonchev–Trinajstić information content (AvgIpc) is 2.74. The first-order valence-electron chi connectivity index (χ1n) is 10.3. The smallest absolute Gasteiger partial charge is 0.338 e. The summed E-state index contributed by atoms with van der Waals surface area (Å²) in [7, 11) is -9.89. The summed E-state index contributed by atoms with van der Waals surface area (Å²) < 4.78 is 82.4. The van der Waals surface area contributed by atoms with E-state index >= 15 is 0 Å². The van der Waals surface area contributed by atoms with E-state index in [9.17, 15) is 35.5 Å². The fourth-order valence-electron chi connectivity index (χ4n) is 2.61. The van der Waals surface area contributed by atoms with Gasteiger partial charge in [-0.3, -0.25) is 9.11 Å². The standard InChI is InChI=1S/C22H26O11S2.CH4/c1-13(2)11-31-21(23)15-5-7-17(19(9-15)34(25,26)27)33-18-8-6-16(10-20(18)35(28,29)30)22(24)32-12-14(3)4;/h5-10,13-14H,11-12H2,1-4H3,(H,25,26,27)(H,28,29,30);1H4. The molecule has 0 aromatic heterocycles. The summed E-state index contributed by atoms with van der Waals surface area (Å²) in [6.07, 6.45) is 0. The van der Waals surface area contributed by atoms with E-state index in [1.807, 2.05) is 0 Å². The van der Waals surface area contributed by atoms with E-state index in [2.05, 4.69) is 0 Å². The summed E-state index contributed by atoms with van der Waals surface area (Å²) in [5.41, 5.74) is -0.409. The Kier molecular flexibility index (Phi) is 10.6. The number of carbonyl (C=O) groups is 2. The molecule has 2 aromatic rings. The summed E-state index contributed by atoms with van der Waals surface area (Å²) >= 11 is 0. The number of rotatable bonds is 10. The van der Waals surface area contributed by atoms with E-state index in [-0.39, 0.29) is 43.6 Å². The predicted molar refractivity (Wildman–Crippen MR) is 130 cm³/mol. The van der Waals surface area contributed by atoms with Gasteiger partial charge in [0.2, 0.25) is 0 Å². The molecule has 0 fully saturated rings. The second-order valence-corrected chi connectivity index (χ2v) is 11.1. The van der Waals surface area contributed by atoms with Crippen LogP contribution < -0.4 is 4.74 Å². The monoisotopic (exact) mass is 546 g/mol. The lowest BCUT2D eigenvalue weighted by molar-refractivity contribution is 0.0450. The Morgan fingerprint density at radius 3 is 1.33 bits per heavy atom. The highest BCUT2D eigenvalue weighted by atomic mass is 32.2. The zero-order valence-electron chi connectivity index (χ0n) is 19.4. The van der Waals surface area contributed by atoms with E-state index in [0.29, 0.717) is 0 Å². The van der Waals surface area contributed by atoms with Gasteiger partial charge in [-0.2, -0.15) is 16.8 Å². The van der Waals surface area contributed by atoms with E-state index in [1.165, 1.54) is 0 Å². The Morgan fingerprint density at radius 2 is 1.06 bits per heavy atom. The second-order valence-electron chi connectivity index (χ2n) is 8.36. The normalized spacial score (nSPS) is 11.7. The van der Waals surface area contributed by atoms with E-state index in [0.717, 1.165) is 36.4 Å². The first-order valence-corrected chi connectivity index (χ1v) is 13.2. The molecule has 0 aliphatic carbocycles. The molecule has 200 valence electrons. The maximum atomic E-state index is 12.2. The van der Waals surface area contributed by atoms with Crippen LogP contribution in [0.25, 0.3) is 0 Å². The van der Waals surface area contributed by atoms with E-state index in [1.54, 1.807) is 27.7 Å². The number of hydrogen-bond acceptors (Lipinski definition) is 9. The molecule has 0 spiro atoms. The Morgan fingerprint density at radius 1 is 0.722 bits per heavy atom. The van der Waals surface area contributed by atoms with Crippen molar-refractivity contribution in [1.29, 1.82) is 0 Å². The van der Waals surface area contributed by atoms with Crippen LogP contribution >= 0.6 is 0 Å². The van der Waals surface area contributed by atoms with Crippen molar-refractivity contribution in [3.05, 3.63) is 47.5 Å². The molecule has 2 aromatic carbocycles. The van der Waals surface area contributed by atoms with Crippen LogP contribution in [0.15, 0.2) is 46.2 Å². The second kappa shape index (κ2) is 12.3. The summed E-state index contributed by atoms with van der Waals surface area (Å²) in [6.45, 7) is 7.35. The van der Waals surface area contributed by atoms with Gasteiger partial charge in [-0.05, 0) is 48.2 Å². The van der Waals surface area contributed by atoms with Crippen LogP contribution in [0.2, 0.25) is 0 Å². The number of hydrogen-bond donors (Lipinski definition) is 2. The molecular formula is C23H30O11S2. The van der Waals surface area contributed by atoms with Crippen molar-refractivity contribution < 1.29 is 49.7 Å². The predicted octanol–water partition coefficient (Wildman–Crippen LogP) is 4.23. The van der Waals surface area contributed by atoms with Crippen molar-refractivity contribution in [1.82, 2.24) is 0 Å². The lowest BCUT2D eigenvalue weighted by Crippen LogP contribution is -2.12. The molecule has 0 unspecified atom stereocenters. The van der Waals surface area contributed by atoms with Gasteiger partial charge in [0, 0.05) is 0 Å². The average molecular weight is 547 g/mol. The van der Waals surface area contributed by atoms with Gasteiger partial charge in [0.25, 0.3) is 20.2 Å². The first-order chi connectivity index (χ1) is 16.1. The number of carbonyl (C=O) groups excluding carboxylic acids is 2. The summed E-state index contributed by atoms with van der Waals surface area (Å²) in [5.74, 6) is -2.75. The Labute approximate surface area is 210 Å². The molecule has 0 atom stereocenters. The zero-order chi connectivity index (χ0) is 26.6. The van der Waals surface area contributed by atoms with Crippen molar-refractivity contribution in [3.8, 4) is 11.5 Å². The van der Waals surface area contributed by atoms with E-state index in [4.69, 9.17) is 14.2 Å². The Hall–Kier alpha value is -3.00. The molecule has 0 aliphatic rings. The zero-order valence-corrected chi connectivity index (χ0v) is 21.1. The largest absolute Gasteiger partial charge is 0.462 e. The van der Waals surface area contributed by atoms with Gasteiger partial charge in [0.05, 0.1) is 24.3 Å². The summed E-state index contributed by atoms with van der Waals surface area (Å²) in [5, 5.41) is 0. The topological polar surface area (TPSA) is 171 Å². The summed E-state index contributed by atoms with van der Waals surface area (Å²) in [6, 6.07) is 5.92. The molecule has 0 bridgehead atoms. The van der Waals surface area contributed by atoms with Crippen LogP contribution in [0.3, 0.4) is 0 Å². The number of benzene rings is 2.